The third-order valence-electron chi connectivity index (χ3n) is 2.82. The fourth-order valence-corrected chi connectivity index (χ4v) is 1.98. The second-order valence-electron chi connectivity index (χ2n) is 5.23. The molecule has 1 aliphatic rings. The molecular weight excluding hydrogens is 198 g/mol. The van der Waals surface area contributed by atoms with Gasteiger partial charge in [-0.1, -0.05) is 39.0 Å². The van der Waals surface area contributed by atoms with Crippen LogP contribution in [-0.4, -0.2) is 12.4 Å². The average Bonchev–Trinajstić information content (AvgIpc) is 2.64. The van der Waals surface area contributed by atoms with Crippen molar-refractivity contribution in [2.75, 3.05) is 11.6 Å². The van der Waals surface area contributed by atoms with E-state index in [1.807, 2.05) is 5.01 Å². The summed E-state index contributed by atoms with van der Waals surface area (Å²) in [6.45, 7) is 7.54. The molecule has 0 aromatic heterocycles. The number of nitrogens with zero attached hydrogens (tertiary/aromatic N) is 2. The van der Waals surface area contributed by atoms with Gasteiger partial charge in [0.2, 0.25) is 0 Å². The van der Waals surface area contributed by atoms with Crippen molar-refractivity contribution in [1.82, 2.24) is 0 Å². The molecule has 1 aliphatic heterocycles. The number of anilines is 1. The van der Waals surface area contributed by atoms with E-state index in [2.05, 4.69) is 50.1 Å². The Morgan fingerprint density at radius 3 is 2.50 bits per heavy atom. The van der Waals surface area contributed by atoms with Gasteiger partial charge in [-0.2, -0.15) is 5.10 Å². The van der Waals surface area contributed by atoms with E-state index in [4.69, 9.17) is 5.73 Å². The van der Waals surface area contributed by atoms with Crippen LogP contribution in [0.25, 0.3) is 0 Å². The molecule has 1 aromatic carbocycles. The summed E-state index contributed by atoms with van der Waals surface area (Å²) in [4.78, 5) is 0. The summed E-state index contributed by atoms with van der Waals surface area (Å²) in [5, 5.41) is 6.37. The average molecular weight is 217 g/mol. The Balaban J connectivity index is 2.41. The number of benzene rings is 1. The van der Waals surface area contributed by atoms with Crippen molar-refractivity contribution in [1.29, 1.82) is 0 Å². The van der Waals surface area contributed by atoms with Crippen molar-refractivity contribution in [2.45, 2.75) is 32.6 Å². The zero-order valence-corrected chi connectivity index (χ0v) is 10.2. The lowest BCUT2D eigenvalue weighted by molar-refractivity contribution is 0.588. The number of rotatable bonds is 1. The minimum Gasteiger partial charge on any atom is -0.386 e. The van der Waals surface area contributed by atoms with Crippen LogP contribution in [0.3, 0.4) is 0 Å². The Morgan fingerprint density at radius 2 is 1.94 bits per heavy atom. The van der Waals surface area contributed by atoms with E-state index in [-0.39, 0.29) is 5.41 Å². The first-order valence-electron chi connectivity index (χ1n) is 5.68. The number of hydrogen-bond acceptors (Lipinski definition) is 3. The zero-order chi connectivity index (χ0) is 11.8. The van der Waals surface area contributed by atoms with Crippen LogP contribution in [0.4, 0.5) is 5.69 Å². The van der Waals surface area contributed by atoms with Crippen molar-refractivity contribution < 1.29 is 0 Å². The molecule has 3 heteroatoms. The fourth-order valence-electron chi connectivity index (χ4n) is 1.98. The SMILES string of the molecule is CC(C)(C)c1ccccc1N1CCC(N)=N1. The normalized spacial score (nSPS) is 16.4. The van der Waals surface area contributed by atoms with Crippen LogP contribution in [0.1, 0.15) is 32.8 Å². The van der Waals surface area contributed by atoms with Crippen molar-refractivity contribution in [3.8, 4) is 0 Å². The van der Waals surface area contributed by atoms with E-state index >= 15 is 0 Å². The van der Waals surface area contributed by atoms with Crippen LogP contribution in [0.15, 0.2) is 29.4 Å². The third kappa shape index (κ3) is 2.03. The van der Waals surface area contributed by atoms with Gasteiger partial charge in [0.1, 0.15) is 5.84 Å². The topological polar surface area (TPSA) is 41.6 Å². The molecule has 0 fully saturated rings. The standard InChI is InChI=1S/C13H19N3/c1-13(2,3)10-6-4-5-7-11(10)16-9-8-12(14)15-16/h4-7H,8-9H2,1-3H3,(H2,14,15). The van der Waals surface area contributed by atoms with Gasteiger partial charge in [0.15, 0.2) is 0 Å². The molecule has 0 unspecified atom stereocenters. The minimum absolute atomic E-state index is 0.128. The number of nitrogens with two attached hydrogens (primary N) is 1. The highest BCUT2D eigenvalue weighted by Crippen LogP contribution is 2.32. The van der Waals surface area contributed by atoms with Gasteiger partial charge in [-0.3, -0.25) is 5.01 Å². The van der Waals surface area contributed by atoms with Gasteiger partial charge in [0.25, 0.3) is 0 Å². The van der Waals surface area contributed by atoms with Crippen LogP contribution >= 0.6 is 0 Å². The van der Waals surface area contributed by atoms with E-state index in [9.17, 15) is 0 Å². The second-order valence-corrected chi connectivity index (χ2v) is 5.23. The predicted octanol–water partition coefficient (Wildman–Crippen LogP) is 2.47. The molecule has 0 amide bonds. The van der Waals surface area contributed by atoms with Crippen LogP contribution in [0.2, 0.25) is 0 Å². The summed E-state index contributed by atoms with van der Waals surface area (Å²) in [5.41, 5.74) is 8.35. The highest BCUT2D eigenvalue weighted by molar-refractivity contribution is 5.84. The highest BCUT2D eigenvalue weighted by Gasteiger charge is 2.22. The molecule has 1 aromatic rings. The molecule has 0 aliphatic carbocycles. The quantitative estimate of drug-likeness (QED) is 0.785. The van der Waals surface area contributed by atoms with Crippen molar-refractivity contribution >= 4 is 11.5 Å². The second kappa shape index (κ2) is 3.81. The summed E-state index contributed by atoms with van der Waals surface area (Å²) in [7, 11) is 0. The lowest BCUT2D eigenvalue weighted by Crippen LogP contribution is -2.20. The van der Waals surface area contributed by atoms with Crippen molar-refractivity contribution in [2.24, 2.45) is 10.8 Å². The zero-order valence-electron chi connectivity index (χ0n) is 10.2. The molecule has 0 atom stereocenters. The van der Waals surface area contributed by atoms with Gasteiger partial charge in [-0.15, -0.1) is 0 Å². The molecule has 16 heavy (non-hydrogen) atoms. The van der Waals surface area contributed by atoms with Crippen LogP contribution in [0, 0.1) is 0 Å². The first-order valence-corrected chi connectivity index (χ1v) is 5.68. The molecule has 1 heterocycles. The summed E-state index contributed by atoms with van der Waals surface area (Å²) >= 11 is 0. The maximum absolute atomic E-state index is 5.73. The predicted molar refractivity (Wildman–Crippen MR) is 68.7 cm³/mol. The Bertz CT molecular complexity index is 415. The van der Waals surface area contributed by atoms with Crippen molar-refractivity contribution in [3.63, 3.8) is 0 Å². The molecule has 86 valence electrons. The van der Waals surface area contributed by atoms with Gasteiger partial charge in [-0.05, 0) is 17.0 Å². The molecule has 0 bridgehead atoms. The van der Waals surface area contributed by atoms with E-state index in [0.29, 0.717) is 0 Å². The smallest absolute Gasteiger partial charge is 0.122 e. The Labute approximate surface area is 96.9 Å². The van der Waals surface area contributed by atoms with Crippen molar-refractivity contribution in [3.05, 3.63) is 29.8 Å². The summed E-state index contributed by atoms with van der Waals surface area (Å²) in [6, 6.07) is 8.41. The van der Waals surface area contributed by atoms with E-state index in [0.717, 1.165) is 18.8 Å². The molecule has 2 rings (SSSR count). The van der Waals surface area contributed by atoms with Gasteiger partial charge in [-0.25, -0.2) is 0 Å². The lowest BCUT2D eigenvalue weighted by Gasteiger charge is -2.26. The van der Waals surface area contributed by atoms with Crippen LogP contribution < -0.4 is 10.7 Å². The first-order chi connectivity index (χ1) is 7.48. The number of hydrogen-bond donors (Lipinski definition) is 1. The Morgan fingerprint density at radius 1 is 1.25 bits per heavy atom. The number of amidine groups is 1. The fraction of sp³-hybridized carbons (Fsp3) is 0.462. The maximum atomic E-state index is 5.73. The first kappa shape index (κ1) is 11.0. The molecule has 3 nitrogen and oxygen atoms in total. The Hall–Kier alpha value is -1.51. The van der Waals surface area contributed by atoms with Crippen LogP contribution in [0.5, 0.6) is 0 Å². The molecule has 2 N–H and O–H groups in total. The summed E-state index contributed by atoms with van der Waals surface area (Å²) in [5.74, 6) is 0.726. The molecule has 0 radical (unpaired) electrons. The largest absolute Gasteiger partial charge is 0.386 e. The number of hydrazone groups is 1. The third-order valence-corrected chi connectivity index (χ3v) is 2.82. The monoisotopic (exact) mass is 217 g/mol. The van der Waals surface area contributed by atoms with E-state index in [1.54, 1.807) is 0 Å². The highest BCUT2D eigenvalue weighted by atomic mass is 15.5. The van der Waals surface area contributed by atoms with Crippen LogP contribution in [-0.2, 0) is 5.41 Å². The van der Waals surface area contributed by atoms with Gasteiger partial charge in [0, 0.05) is 13.0 Å². The lowest BCUT2D eigenvalue weighted by atomic mass is 9.85. The molecule has 0 spiro atoms. The van der Waals surface area contributed by atoms with E-state index in [1.165, 1.54) is 11.3 Å². The summed E-state index contributed by atoms with van der Waals surface area (Å²) < 4.78 is 0. The van der Waals surface area contributed by atoms with Gasteiger partial charge >= 0.3 is 0 Å². The Kier molecular flexibility index (Phi) is 2.62. The minimum atomic E-state index is 0.128. The van der Waals surface area contributed by atoms with Gasteiger partial charge in [0.05, 0.1) is 5.69 Å². The molecular formula is C13H19N3. The summed E-state index contributed by atoms with van der Waals surface area (Å²) in [6.07, 6.45) is 0.860. The van der Waals surface area contributed by atoms with Gasteiger partial charge < -0.3 is 5.73 Å². The number of para-hydroxylation sites is 1. The molecule has 0 saturated heterocycles. The maximum Gasteiger partial charge on any atom is 0.122 e. The molecule has 0 saturated carbocycles. The van der Waals surface area contributed by atoms with E-state index < -0.39 is 0 Å².